The molecule has 0 aromatic rings. The van der Waals surface area contributed by atoms with Crippen molar-refractivity contribution in [2.75, 3.05) is 13.1 Å². The molecule has 3 heteroatoms. The molecule has 0 bridgehead atoms. The van der Waals surface area contributed by atoms with Crippen LogP contribution in [0.5, 0.6) is 0 Å². The van der Waals surface area contributed by atoms with Crippen LogP contribution in [0.25, 0.3) is 0 Å². The number of hydrogen-bond donors (Lipinski definition) is 1. The van der Waals surface area contributed by atoms with Crippen LogP contribution in [0.2, 0.25) is 0 Å². The van der Waals surface area contributed by atoms with Crippen molar-refractivity contribution in [1.82, 2.24) is 4.90 Å². The summed E-state index contributed by atoms with van der Waals surface area (Å²) in [7, 11) is 0. The Morgan fingerprint density at radius 3 is 2.71 bits per heavy atom. The summed E-state index contributed by atoms with van der Waals surface area (Å²) in [5.74, 6) is 1.01. The van der Waals surface area contributed by atoms with Gasteiger partial charge in [-0.1, -0.05) is 19.8 Å². The Morgan fingerprint density at radius 2 is 2.12 bits per heavy atom. The second-order valence-electron chi connectivity index (χ2n) is 5.30. The second-order valence-corrected chi connectivity index (χ2v) is 5.30. The summed E-state index contributed by atoms with van der Waals surface area (Å²) in [6.07, 6.45) is 7.59. The minimum absolute atomic E-state index is 0.327. The molecule has 0 radical (unpaired) electrons. The predicted octanol–water partition coefficient (Wildman–Crippen LogP) is 2.54. The van der Waals surface area contributed by atoms with Crippen molar-refractivity contribution < 1.29 is 4.79 Å². The lowest BCUT2D eigenvalue weighted by atomic mass is 9.83. The quantitative estimate of drug-likeness (QED) is 0.775. The van der Waals surface area contributed by atoms with Crippen LogP contribution in [0.3, 0.4) is 0 Å². The highest BCUT2D eigenvalue weighted by molar-refractivity contribution is 5.76. The maximum absolute atomic E-state index is 12.0. The lowest BCUT2D eigenvalue weighted by Gasteiger charge is -2.27. The van der Waals surface area contributed by atoms with Gasteiger partial charge in [0.1, 0.15) is 0 Å². The SMILES string of the molecule is CCCN(CC)C(=O)CCC1CCCC(N)C1. The molecule has 0 saturated heterocycles. The molecular formula is C14H28N2O. The van der Waals surface area contributed by atoms with Gasteiger partial charge in [-0.3, -0.25) is 4.79 Å². The Hall–Kier alpha value is -0.570. The molecule has 0 heterocycles. The Labute approximate surface area is 106 Å². The van der Waals surface area contributed by atoms with Gasteiger partial charge in [-0.25, -0.2) is 0 Å². The van der Waals surface area contributed by atoms with Gasteiger partial charge in [0.25, 0.3) is 0 Å². The van der Waals surface area contributed by atoms with Gasteiger partial charge >= 0.3 is 0 Å². The topological polar surface area (TPSA) is 46.3 Å². The van der Waals surface area contributed by atoms with Crippen molar-refractivity contribution in [3.63, 3.8) is 0 Å². The van der Waals surface area contributed by atoms with Crippen LogP contribution in [0, 0.1) is 5.92 Å². The third kappa shape index (κ3) is 5.07. The molecule has 100 valence electrons. The van der Waals surface area contributed by atoms with Gasteiger partial charge in [0.15, 0.2) is 0 Å². The summed E-state index contributed by atoms with van der Waals surface area (Å²) in [5.41, 5.74) is 5.97. The van der Waals surface area contributed by atoms with Crippen LogP contribution >= 0.6 is 0 Å². The molecule has 17 heavy (non-hydrogen) atoms. The molecule has 1 saturated carbocycles. The summed E-state index contributed by atoms with van der Waals surface area (Å²) in [6, 6.07) is 0.377. The van der Waals surface area contributed by atoms with Crippen molar-refractivity contribution in [3.8, 4) is 0 Å². The van der Waals surface area contributed by atoms with Crippen LogP contribution in [0.4, 0.5) is 0 Å². The van der Waals surface area contributed by atoms with Gasteiger partial charge in [-0.2, -0.15) is 0 Å². The normalized spacial score (nSPS) is 24.6. The van der Waals surface area contributed by atoms with E-state index in [4.69, 9.17) is 5.73 Å². The first-order valence-electron chi connectivity index (χ1n) is 7.20. The van der Waals surface area contributed by atoms with E-state index in [1.165, 1.54) is 19.3 Å². The minimum Gasteiger partial charge on any atom is -0.343 e. The highest BCUT2D eigenvalue weighted by Crippen LogP contribution is 2.27. The van der Waals surface area contributed by atoms with E-state index >= 15 is 0 Å². The second kappa shape index (κ2) is 7.70. The first kappa shape index (κ1) is 14.5. The third-order valence-electron chi connectivity index (χ3n) is 3.82. The fraction of sp³-hybridized carbons (Fsp3) is 0.929. The zero-order chi connectivity index (χ0) is 12.7. The van der Waals surface area contributed by atoms with Gasteiger partial charge in [-0.15, -0.1) is 0 Å². The van der Waals surface area contributed by atoms with Crippen molar-refractivity contribution in [3.05, 3.63) is 0 Å². The molecule has 1 rings (SSSR count). The molecule has 1 amide bonds. The van der Waals surface area contributed by atoms with Crippen LogP contribution in [0.15, 0.2) is 0 Å². The zero-order valence-electron chi connectivity index (χ0n) is 11.5. The van der Waals surface area contributed by atoms with E-state index in [0.29, 0.717) is 24.3 Å². The van der Waals surface area contributed by atoms with E-state index in [0.717, 1.165) is 32.4 Å². The zero-order valence-corrected chi connectivity index (χ0v) is 11.5. The summed E-state index contributed by atoms with van der Waals surface area (Å²) < 4.78 is 0. The highest BCUT2D eigenvalue weighted by Gasteiger charge is 2.20. The minimum atomic E-state index is 0.327. The van der Waals surface area contributed by atoms with Crippen molar-refractivity contribution >= 4 is 5.91 Å². The standard InChI is InChI=1S/C14H28N2O/c1-3-10-16(4-2)14(17)9-8-12-6-5-7-13(15)11-12/h12-13H,3-11,15H2,1-2H3. The summed E-state index contributed by atoms with van der Waals surface area (Å²) >= 11 is 0. The Bertz CT molecular complexity index is 230. The molecule has 2 atom stereocenters. The monoisotopic (exact) mass is 240 g/mol. The van der Waals surface area contributed by atoms with Gasteiger partial charge in [0, 0.05) is 25.6 Å². The molecular weight excluding hydrogens is 212 g/mol. The molecule has 0 aromatic heterocycles. The molecule has 1 aliphatic rings. The molecule has 1 aliphatic carbocycles. The lowest BCUT2D eigenvalue weighted by molar-refractivity contribution is -0.131. The highest BCUT2D eigenvalue weighted by atomic mass is 16.2. The fourth-order valence-corrected chi connectivity index (χ4v) is 2.81. The number of amides is 1. The molecule has 3 nitrogen and oxygen atoms in total. The van der Waals surface area contributed by atoms with Crippen molar-refractivity contribution in [2.24, 2.45) is 11.7 Å². The first-order chi connectivity index (χ1) is 8.17. The maximum Gasteiger partial charge on any atom is 0.222 e. The fourth-order valence-electron chi connectivity index (χ4n) is 2.81. The number of hydrogen-bond acceptors (Lipinski definition) is 2. The maximum atomic E-state index is 12.0. The van der Waals surface area contributed by atoms with E-state index in [1.54, 1.807) is 0 Å². The number of nitrogens with two attached hydrogens (primary N) is 1. The lowest BCUT2D eigenvalue weighted by Crippen LogP contribution is -2.32. The predicted molar refractivity (Wildman–Crippen MR) is 71.7 cm³/mol. The average Bonchev–Trinajstić information content (AvgIpc) is 2.33. The molecule has 1 fully saturated rings. The van der Waals surface area contributed by atoms with Gasteiger partial charge < -0.3 is 10.6 Å². The third-order valence-corrected chi connectivity index (χ3v) is 3.82. The molecule has 0 aromatic carbocycles. The van der Waals surface area contributed by atoms with Crippen LogP contribution in [-0.2, 0) is 4.79 Å². The van der Waals surface area contributed by atoms with Crippen LogP contribution in [-0.4, -0.2) is 29.9 Å². The van der Waals surface area contributed by atoms with Crippen molar-refractivity contribution in [2.45, 2.75) is 64.8 Å². The number of nitrogens with zero attached hydrogens (tertiary/aromatic N) is 1. The Kier molecular flexibility index (Phi) is 6.56. The molecule has 2 unspecified atom stereocenters. The number of carbonyl (C=O) groups excluding carboxylic acids is 1. The van der Waals surface area contributed by atoms with E-state index in [2.05, 4.69) is 13.8 Å². The summed E-state index contributed by atoms with van der Waals surface area (Å²) in [4.78, 5) is 14.0. The number of rotatable bonds is 6. The number of carbonyl (C=O) groups is 1. The van der Waals surface area contributed by atoms with E-state index in [9.17, 15) is 4.79 Å². The summed E-state index contributed by atoms with van der Waals surface area (Å²) in [6.45, 7) is 5.93. The van der Waals surface area contributed by atoms with Crippen molar-refractivity contribution in [1.29, 1.82) is 0 Å². The molecule has 0 spiro atoms. The molecule has 0 aliphatic heterocycles. The first-order valence-corrected chi connectivity index (χ1v) is 7.20. The molecule has 2 N–H and O–H groups in total. The Balaban J connectivity index is 2.26. The van der Waals surface area contributed by atoms with Gasteiger partial charge in [-0.05, 0) is 38.5 Å². The smallest absolute Gasteiger partial charge is 0.222 e. The average molecular weight is 240 g/mol. The Morgan fingerprint density at radius 1 is 1.35 bits per heavy atom. The van der Waals surface area contributed by atoms with E-state index in [-0.39, 0.29) is 0 Å². The van der Waals surface area contributed by atoms with E-state index < -0.39 is 0 Å². The largest absolute Gasteiger partial charge is 0.343 e. The van der Waals surface area contributed by atoms with Gasteiger partial charge in [0.05, 0.1) is 0 Å². The summed E-state index contributed by atoms with van der Waals surface area (Å²) in [5, 5.41) is 0. The van der Waals surface area contributed by atoms with E-state index in [1.807, 2.05) is 4.90 Å². The van der Waals surface area contributed by atoms with Crippen LogP contribution in [0.1, 0.15) is 58.8 Å². The van der Waals surface area contributed by atoms with Crippen LogP contribution < -0.4 is 5.73 Å². The van der Waals surface area contributed by atoms with Gasteiger partial charge in [0.2, 0.25) is 5.91 Å².